The zero-order valence-corrected chi connectivity index (χ0v) is 15.1. The standard InChI is InChI=1S/C22H25N3O/c26-22(23-19-11-5-8-16-7-1-2-10-18(16)19)25-15-17-9-6-14-24(17)20-12-3-4-13-21(20)25/h3-5,8,11-13,17H,1-2,6-7,9-10,14-15H2,(H,23,26). The van der Waals surface area contributed by atoms with Crippen LogP contribution in [-0.4, -0.2) is 25.2 Å². The van der Waals surface area contributed by atoms with Crippen molar-refractivity contribution in [2.24, 2.45) is 0 Å². The molecule has 0 saturated carbocycles. The van der Waals surface area contributed by atoms with E-state index in [0.29, 0.717) is 6.04 Å². The van der Waals surface area contributed by atoms with Gasteiger partial charge in [0.05, 0.1) is 11.4 Å². The molecule has 1 N–H and O–H groups in total. The van der Waals surface area contributed by atoms with Gasteiger partial charge in [-0.3, -0.25) is 4.90 Å². The van der Waals surface area contributed by atoms with Crippen LogP contribution in [0.3, 0.4) is 0 Å². The monoisotopic (exact) mass is 347 g/mol. The summed E-state index contributed by atoms with van der Waals surface area (Å²) in [5.74, 6) is 0. The lowest BCUT2D eigenvalue weighted by atomic mass is 9.90. The van der Waals surface area contributed by atoms with E-state index in [1.165, 1.54) is 42.5 Å². The number of rotatable bonds is 1. The molecule has 3 aliphatic rings. The Balaban J connectivity index is 1.45. The minimum atomic E-state index is 0.00275. The van der Waals surface area contributed by atoms with E-state index in [1.807, 2.05) is 11.0 Å². The molecule has 2 aromatic rings. The predicted octanol–water partition coefficient (Wildman–Crippen LogP) is 4.59. The Morgan fingerprint density at radius 2 is 1.81 bits per heavy atom. The summed E-state index contributed by atoms with van der Waals surface area (Å²) in [5, 5.41) is 3.23. The molecule has 2 heterocycles. The van der Waals surface area contributed by atoms with Crippen LogP contribution in [0, 0.1) is 0 Å². The third kappa shape index (κ3) is 2.56. The zero-order valence-electron chi connectivity index (χ0n) is 15.1. The van der Waals surface area contributed by atoms with Crippen LogP contribution >= 0.6 is 0 Å². The normalized spacial score (nSPS) is 21.0. The van der Waals surface area contributed by atoms with Crippen LogP contribution < -0.4 is 15.1 Å². The molecule has 0 aromatic heterocycles. The van der Waals surface area contributed by atoms with E-state index >= 15 is 0 Å². The second-order valence-corrected chi connectivity index (χ2v) is 7.67. The van der Waals surface area contributed by atoms with Crippen molar-refractivity contribution >= 4 is 23.1 Å². The van der Waals surface area contributed by atoms with E-state index < -0.39 is 0 Å². The minimum absolute atomic E-state index is 0.00275. The van der Waals surface area contributed by atoms with E-state index in [9.17, 15) is 4.79 Å². The molecule has 2 aromatic carbocycles. The number of hydrogen-bond donors (Lipinski definition) is 1. The summed E-state index contributed by atoms with van der Waals surface area (Å²) in [6, 6.07) is 15.1. The number of nitrogens with one attached hydrogen (secondary N) is 1. The third-order valence-corrected chi connectivity index (χ3v) is 6.14. The number of fused-ring (bicyclic) bond motifs is 4. The first-order valence-electron chi connectivity index (χ1n) is 9.86. The summed E-state index contributed by atoms with van der Waals surface area (Å²) >= 11 is 0. The first kappa shape index (κ1) is 15.7. The molecular formula is C22H25N3O. The number of anilines is 3. The summed E-state index contributed by atoms with van der Waals surface area (Å²) in [7, 11) is 0. The fourth-order valence-electron chi connectivity index (χ4n) is 4.86. The first-order valence-corrected chi connectivity index (χ1v) is 9.86. The predicted molar refractivity (Wildman–Crippen MR) is 106 cm³/mol. The van der Waals surface area contributed by atoms with Gasteiger partial charge in [-0.05, 0) is 67.9 Å². The molecule has 0 bridgehead atoms. The second kappa shape index (κ2) is 6.35. The lowest BCUT2D eigenvalue weighted by molar-refractivity contribution is 0.256. The molecule has 1 unspecified atom stereocenters. The van der Waals surface area contributed by atoms with E-state index in [4.69, 9.17) is 0 Å². The maximum atomic E-state index is 13.2. The number of amides is 2. The fourth-order valence-corrected chi connectivity index (χ4v) is 4.86. The van der Waals surface area contributed by atoms with Crippen molar-refractivity contribution in [3.8, 4) is 0 Å². The summed E-state index contributed by atoms with van der Waals surface area (Å²) in [5.41, 5.74) is 5.97. The van der Waals surface area contributed by atoms with Crippen molar-refractivity contribution in [3.05, 3.63) is 53.6 Å². The Morgan fingerprint density at radius 1 is 0.962 bits per heavy atom. The van der Waals surface area contributed by atoms with E-state index in [-0.39, 0.29) is 6.03 Å². The van der Waals surface area contributed by atoms with Crippen molar-refractivity contribution < 1.29 is 4.79 Å². The number of nitrogens with zero attached hydrogens (tertiary/aromatic N) is 2. The van der Waals surface area contributed by atoms with Gasteiger partial charge in [-0.15, -0.1) is 0 Å². The van der Waals surface area contributed by atoms with E-state index in [2.05, 4.69) is 46.6 Å². The SMILES string of the molecule is O=C(Nc1cccc2c1CCCC2)N1CC2CCCN2c2ccccc21. The summed E-state index contributed by atoms with van der Waals surface area (Å²) in [6.45, 7) is 1.88. The van der Waals surface area contributed by atoms with Crippen molar-refractivity contribution in [3.63, 3.8) is 0 Å². The molecule has 26 heavy (non-hydrogen) atoms. The molecule has 0 radical (unpaired) electrons. The van der Waals surface area contributed by atoms with Gasteiger partial charge in [-0.25, -0.2) is 4.79 Å². The molecule has 134 valence electrons. The van der Waals surface area contributed by atoms with Crippen LogP contribution in [0.5, 0.6) is 0 Å². The topological polar surface area (TPSA) is 35.6 Å². The average Bonchev–Trinajstić information content (AvgIpc) is 3.16. The van der Waals surface area contributed by atoms with Crippen molar-refractivity contribution in [1.82, 2.24) is 0 Å². The molecule has 1 atom stereocenters. The third-order valence-electron chi connectivity index (χ3n) is 6.14. The Morgan fingerprint density at radius 3 is 2.73 bits per heavy atom. The molecule has 5 rings (SSSR count). The van der Waals surface area contributed by atoms with Crippen molar-refractivity contribution in [2.45, 2.75) is 44.6 Å². The van der Waals surface area contributed by atoms with Crippen molar-refractivity contribution in [2.75, 3.05) is 28.2 Å². The van der Waals surface area contributed by atoms with Gasteiger partial charge in [0.2, 0.25) is 0 Å². The van der Waals surface area contributed by atoms with Gasteiger partial charge in [-0.2, -0.15) is 0 Å². The van der Waals surface area contributed by atoms with Gasteiger partial charge in [-0.1, -0.05) is 24.3 Å². The van der Waals surface area contributed by atoms with Crippen LogP contribution in [0.15, 0.2) is 42.5 Å². The Hall–Kier alpha value is -2.49. The highest BCUT2D eigenvalue weighted by atomic mass is 16.2. The maximum absolute atomic E-state index is 13.2. The van der Waals surface area contributed by atoms with Crippen LogP contribution in [0.1, 0.15) is 36.8 Å². The summed E-state index contributed by atoms with van der Waals surface area (Å²) in [4.78, 5) is 17.6. The van der Waals surface area contributed by atoms with Crippen LogP contribution in [0.2, 0.25) is 0 Å². The Kier molecular flexibility index (Phi) is 3.84. The molecule has 2 aliphatic heterocycles. The highest BCUT2D eigenvalue weighted by molar-refractivity contribution is 6.05. The van der Waals surface area contributed by atoms with Gasteiger partial charge in [0, 0.05) is 24.8 Å². The number of para-hydroxylation sites is 2. The van der Waals surface area contributed by atoms with Crippen LogP contribution in [0.25, 0.3) is 0 Å². The number of carbonyl (C=O) groups is 1. The summed E-state index contributed by atoms with van der Waals surface area (Å²) in [6.07, 6.45) is 7.03. The van der Waals surface area contributed by atoms with Crippen molar-refractivity contribution in [1.29, 1.82) is 0 Å². The molecule has 2 amide bonds. The molecule has 4 nitrogen and oxygen atoms in total. The number of carbonyl (C=O) groups excluding carboxylic acids is 1. The van der Waals surface area contributed by atoms with Gasteiger partial charge in [0.25, 0.3) is 0 Å². The molecule has 4 heteroatoms. The first-order chi connectivity index (χ1) is 12.8. The molecule has 0 spiro atoms. The van der Waals surface area contributed by atoms with Gasteiger partial charge in [0.15, 0.2) is 0 Å². The van der Waals surface area contributed by atoms with Crippen LogP contribution in [-0.2, 0) is 12.8 Å². The lowest BCUT2D eigenvalue weighted by Crippen LogP contribution is -2.49. The molecule has 1 fully saturated rings. The number of hydrogen-bond acceptors (Lipinski definition) is 2. The zero-order chi connectivity index (χ0) is 17.5. The molecule has 1 aliphatic carbocycles. The number of urea groups is 1. The highest BCUT2D eigenvalue weighted by Crippen LogP contribution is 2.39. The number of aryl methyl sites for hydroxylation is 1. The lowest BCUT2D eigenvalue weighted by Gasteiger charge is -2.40. The maximum Gasteiger partial charge on any atom is 0.326 e. The smallest absolute Gasteiger partial charge is 0.326 e. The Bertz CT molecular complexity index is 847. The van der Waals surface area contributed by atoms with E-state index in [0.717, 1.165) is 37.3 Å². The van der Waals surface area contributed by atoms with Gasteiger partial charge in [0.1, 0.15) is 0 Å². The largest absolute Gasteiger partial charge is 0.365 e. The van der Waals surface area contributed by atoms with Gasteiger partial charge < -0.3 is 10.2 Å². The highest BCUT2D eigenvalue weighted by Gasteiger charge is 2.36. The van der Waals surface area contributed by atoms with E-state index in [1.54, 1.807) is 0 Å². The average molecular weight is 347 g/mol. The van der Waals surface area contributed by atoms with Crippen LogP contribution in [0.4, 0.5) is 21.9 Å². The van der Waals surface area contributed by atoms with Gasteiger partial charge >= 0.3 is 6.03 Å². The summed E-state index contributed by atoms with van der Waals surface area (Å²) < 4.78 is 0. The fraction of sp³-hybridized carbons (Fsp3) is 0.409. The number of benzene rings is 2. The second-order valence-electron chi connectivity index (χ2n) is 7.67. The quantitative estimate of drug-likeness (QED) is 0.819. The molecular weight excluding hydrogens is 322 g/mol. The Labute approximate surface area is 154 Å². The minimum Gasteiger partial charge on any atom is -0.365 e. The molecule has 1 saturated heterocycles.